The van der Waals surface area contributed by atoms with Gasteiger partial charge in [0.25, 0.3) is 10.0 Å². The molecule has 0 saturated carbocycles. The smallest absolute Gasteiger partial charge is 0.305 e. The highest BCUT2D eigenvalue weighted by Crippen LogP contribution is 2.24. The van der Waals surface area contributed by atoms with Crippen molar-refractivity contribution < 1.29 is 27.9 Å². The highest BCUT2D eigenvalue weighted by atomic mass is 32.2. The fourth-order valence-corrected chi connectivity index (χ4v) is 4.92. The van der Waals surface area contributed by atoms with Crippen LogP contribution in [0.4, 0.5) is 0 Å². The predicted octanol–water partition coefficient (Wildman–Crippen LogP) is 0.506. The number of carbonyl (C=O) groups is 2. The van der Waals surface area contributed by atoms with Crippen LogP contribution in [0.25, 0.3) is 0 Å². The zero-order valence-corrected chi connectivity index (χ0v) is 15.0. The summed E-state index contributed by atoms with van der Waals surface area (Å²) in [4.78, 5) is 25.0. The topological polar surface area (TPSA) is 113 Å². The Hall–Kier alpha value is -1.49. The highest BCUT2D eigenvalue weighted by molar-refractivity contribution is 7.91. The number of nitrogens with zero attached hydrogens (tertiary/aromatic N) is 1. The van der Waals surface area contributed by atoms with Crippen LogP contribution in [-0.2, 0) is 24.3 Å². The van der Waals surface area contributed by atoms with Crippen LogP contribution in [0.2, 0.25) is 0 Å². The summed E-state index contributed by atoms with van der Waals surface area (Å²) in [7, 11) is -2.28. The van der Waals surface area contributed by atoms with E-state index in [1.54, 1.807) is 11.4 Å². The van der Waals surface area contributed by atoms with Crippen molar-refractivity contribution in [2.75, 3.05) is 13.7 Å². The van der Waals surface area contributed by atoms with Crippen molar-refractivity contribution >= 4 is 33.2 Å². The third-order valence-corrected chi connectivity index (χ3v) is 6.80. The number of aliphatic carboxylic acids is 1. The number of hydrogen-bond donors (Lipinski definition) is 2. The van der Waals surface area contributed by atoms with E-state index in [4.69, 9.17) is 9.84 Å². The molecule has 1 aliphatic rings. The van der Waals surface area contributed by atoms with Crippen molar-refractivity contribution in [2.45, 2.75) is 42.2 Å². The quantitative estimate of drug-likeness (QED) is 0.717. The van der Waals surface area contributed by atoms with Gasteiger partial charge in [0.1, 0.15) is 4.21 Å². The van der Waals surface area contributed by atoms with Gasteiger partial charge in [-0.25, -0.2) is 8.42 Å². The molecule has 10 heteroatoms. The minimum absolute atomic E-state index is 0.125. The lowest BCUT2D eigenvalue weighted by molar-refractivity contribution is -0.140. The highest BCUT2D eigenvalue weighted by Gasteiger charge is 2.39. The molecule has 1 fully saturated rings. The van der Waals surface area contributed by atoms with Crippen LogP contribution >= 0.6 is 11.3 Å². The van der Waals surface area contributed by atoms with Gasteiger partial charge in [-0.3, -0.25) is 9.59 Å². The molecule has 1 saturated heterocycles. The van der Waals surface area contributed by atoms with E-state index in [2.05, 4.69) is 4.72 Å². The number of rotatable bonds is 7. The van der Waals surface area contributed by atoms with Crippen molar-refractivity contribution in [2.24, 2.45) is 0 Å². The van der Waals surface area contributed by atoms with Gasteiger partial charge in [-0.1, -0.05) is 6.07 Å². The minimum Gasteiger partial charge on any atom is -0.481 e. The molecule has 2 N–H and O–H groups in total. The summed E-state index contributed by atoms with van der Waals surface area (Å²) in [6.45, 7) is 1.70. The number of hydrogen-bond acceptors (Lipinski definition) is 6. The first-order valence-corrected chi connectivity index (χ1v) is 9.71. The van der Waals surface area contributed by atoms with Gasteiger partial charge in [0.05, 0.1) is 18.6 Å². The van der Waals surface area contributed by atoms with Gasteiger partial charge in [0.15, 0.2) is 0 Å². The molecule has 1 aliphatic heterocycles. The van der Waals surface area contributed by atoms with Crippen molar-refractivity contribution in [3.05, 3.63) is 17.5 Å². The number of carbonyl (C=O) groups excluding carboxylic acids is 1. The summed E-state index contributed by atoms with van der Waals surface area (Å²) >= 11 is 1.06. The van der Waals surface area contributed by atoms with Crippen LogP contribution < -0.4 is 4.72 Å². The Morgan fingerprint density at radius 1 is 1.54 bits per heavy atom. The molecule has 2 heterocycles. The summed E-state index contributed by atoms with van der Waals surface area (Å²) in [5.41, 5.74) is 0. The molecular weight excluding hydrogens is 356 g/mol. The Kier molecular flexibility index (Phi) is 5.97. The van der Waals surface area contributed by atoms with Crippen LogP contribution in [0.5, 0.6) is 0 Å². The van der Waals surface area contributed by atoms with Crippen LogP contribution in [0.3, 0.4) is 0 Å². The summed E-state index contributed by atoms with van der Waals surface area (Å²) in [6, 6.07) is 1.56. The fourth-order valence-electron chi connectivity index (χ4n) is 2.72. The molecular formula is C14H20N2O6S2. The van der Waals surface area contributed by atoms with Crippen LogP contribution in [0.15, 0.2) is 21.7 Å². The molecule has 0 bridgehead atoms. The second-order valence-electron chi connectivity index (χ2n) is 5.61. The third kappa shape index (κ3) is 4.32. The Morgan fingerprint density at radius 2 is 2.25 bits per heavy atom. The van der Waals surface area contributed by atoms with E-state index in [0.717, 1.165) is 11.3 Å². The second kappa shape index (κ2) is 7.60. The maximum Gasteiger partial charge on any atom is 0.305 e. The molecule has 1 aromatic heterocycles. The number of likely N-dealkylation sites (tertiary alicyclic amines) is 1. The van der Waals surface area contributed by atoms with Crippen molar-refractivity contribution in [3.63, 3.8) is 0 Å². The average Bonchev–Trinajstić information content (AvgIpc) is 3.15. The molecule has 1 amide bonds. The zero-order chi connectivity index (χ0) is 17.9. The van der Waals surface area contributed by atoms with Crippen molar-refractivity contribution in [1.29, 1.82) is 0 Å². The summed E-state index contributed by atoms with van der Waals surface area (Å²) in [5, 5.41) is 10.6. The number of nitrogens with one attached hydrogen (secondary N) is 1. The Morgan fingerprint density at radius 3 is 2.79 bits per heavy atom. The van der Waals surface area contributed by atoms with Gasteiger partial charge >= 0.3 is 5.97 Å². The molecule has 0 aliphatic carbocycles. The number of sulfonamides is 1. The number of thiophene rings is 1. The summed E-state index contributed by atoms with van der Waals surface area (Å²) in [6.07, 6.45) is -0.0334. The number of carboxylic acid groups (broad SMARTS) is 1. The monoisotopic (exact) mass is 376 g/mol. The van der Waals surface area contributed by atoms with Gasteiger partial charge in [-0.05, 0) is 24.8 Å². The van der Waals surface area contributed by atoms with E-state index in [0.29, 0.717) is 6.42 Å². The minimum atomic E-state index is -3.78. The SMILES string of the molecule is COC1CC(CC(=O)O)N(C(=O)C(C)NS(=O)(=O)c2cccs2)C1. The van der Waals surface area contributed by atoms with E-state index < -0.39 is 34.0 Å². The molecule has 2 rings (SSSR count). The average molecular weight is 376 g/mol. The first-order chi connectivity index (χ1) is 11.2. The molecule has 0 aromatic carbocycles. The predicted molar refractivity (Wildman–Crippen MR) is 87.3 cm³/mol. The van der Waals surface area contributed by atoms with Gasteiger partial charge in [0, 0.05) is 19.7 Å². The lowest BCUT2D eigenvalue weighted by atomic mass is 10.1. The van der Waals surface area contributed by atoms with Crippen LogP contribution in [0.1, 0.15) is 19.8 Å². The largest absolute Gasteiger partial charge is 0.481 e. The zero-order valence-electron chi connectivity index (χ0n) is 13.3. The van der Waals surface area contributed by atoms with Gasteiger partial charge in [0.2, 0.25) is 5.91 Å². The number of carboxylic acids is 1. The van der Waals surface area contributed by atoms with E-state index in [9.17, 15) is 18.0 Å². The summed E-state index contributed by atoms with van der Waals surface area (Å²) < 4.78 is 32.1. The lowest BCUT2D eigenvalue weighted by Gasteiger charge is -2.26. The molecule has 24 heavy (non-hydrogen) atoms. The molecule has 8 nitrogen and oxygen atoms in total. The van der Waals surface area contributed by atoms with Crippen LogP contribution in [-0.4, -0.2) is 62.1 Å². The van der Waals surface area contributed by atoms with Gasteiger partial charge in [-0.2, -0.15) is 4.72 Å². The maximum atomic E-state index is 12.6. The first kappa shape index (κ1) is 18.8. The number of ether oxygens (including phenoxy) is 1. The van der Waals surface area contributed by atoms with Gasteiger partial charge in [-0.15, -0.1) is 11.3 Å². The van der Waals surface area contributed by atoms with E-state index in [1.165, 1.54) is 25.0 Å². The number of methoxy groups -OCH3 is 1. The van der Waals surface area contributed by atoms with Crippen molar-refractivity contribution in [1.82, 2.24) is 9.62 Å². The molecule has 1 aromatic rings. The summed E-state index contributed by atoms with van der Waals surface area (Å²) in [5.74, 6) is -1.47. The Balaban J connectivity index is 2.09. The maximum absolute atomic E-state index is 12.6. The normalized spacial score (nSPS) is 22.5. The second-order valence-corrected chi connectivity index (χ2v) is 8.50. The van der Waals surface area contributed by atoms with Gasteiger partial charge < -0.3 is 14.7 Å². The standard InChI is InChI=1S/C14H20N2O6S2/c1-9(15-24(20,21)13-4-3-5-23-13)14(19)16-8-11(22-2)6-10(16)7-12(17)18/h3-5,9-11,15H,6-8H2,1-2H3,(H,17,18). The van der Waals surface area contributed by atoms with E-state index in [-0.39, 0.29) is 23.3 Å². The Bertz CT molecular complexity index is 688. The molecule has 3 atom stereocenters. The molecule has 3 unspecified atom stereocenters. The number of amides is 1. The lowest BCUT2D eigenvalue weighted by Crippen LogP contribution is -2.49. The van der Waals surface area contributed by atoms with E-state index >= 15 is 0 Å². The molecule has 134 valence electrons. The van der Waals surface area contributed by atoms with Crippen LogP contribution in [0, 0.1) is 0 Å². The molecule has 0 spiro atoms. The fraction of sp³-hybridized carbons (Fsp3) is 0.571. The molecule has 0 radical (unpaired) electrons. The first-order valence-electron chi connectivity index (χ1n) is 7.35. The Labute approximate surface area is 144 Å². The van der Waals surface area contributed by atoms with E-state index in [1.807, 2.05) is 0 Å². The third-order valence-electron chi connectivity index (χ3n) is 3.87. The van der Waals surface area contributed by atoms with Crippen molar-refractivity contribution in [3.8, 4) is 0 Å².